The van der Waals surface area contributed by atoms with Crippen molar-refractivity contribution in [3.05, 3.63) is 67.3 Å². The predicted molar refractivity (Wildman–Crippen MR) is 114 cm³/mol. The van der Waals surface area contributed by atoms with E-state index in [-0.39, 0.29) is 18.3 Å². The number of amides is 1. The first-order valence-electron chi connectivity index (χ1n) is 7.99. The Hall–Kier alpha value is -1.25. The van der Waals surface area contributed by atoms with Crippen molar-refractivity contribution < 1.29 is 4.79 Å². The lowest BCUT2D eigenvalue weighted by molar-refractivity contribution is 0.103. The van der Waals surface area contributed by atoms with Gasteiger partial charge in [0.2, 0.25) is 0 Å². The second kappa shape index (κ2) is 8.63. The summed E-state index contributed by atoms with van der Waals surface area (Å²) in [6.45, 7) is 2.84. The molecule has 0 fully saturated rings. The van der Waals surface area contributed by atoms with Crippen molar-refractivity contribution in [2.24, 2.45) is 0 Å². The molecular formula is C18H17BrClN3OS2. The van der Waals surface area contributed by atoms with Crippen LogP contribution in [0, 0.1) is 0 Å². The van der Waals surface area contributed by atoms with E-state index in [4.69, 9.17) is 0 Å². The highest BCUT2D eigenvalue weighted by Gasteiger charge is 2.22. The summed E-state index contributed by atoms with van der Waals surface area (Å²) in [6.07, 6.45) is 0.930. The number of nitrogens with zero attached hydrogens (tertiary/aromatic N) is 2. The van der Waals surface area contributed by atoms with Crippen molar-refractivity contribution in [3.63, 3.8) is 0 Å². The van der Waals surface area contributed by atoms with Gasteiger partial charge in [-0.2, -0.15) is 0 Å². The van der Waals surface area contributed by atoms with Gasteiger partial charge in [-0.15, -0.1) is 35.1 Å². The summed E-state index contributed by atoms with van der Waals surface area (Å²) in [6, 6.07) is 14.2. The predicted octanol–water partition coefficient (Wildman–Crippen LogP) is 5.20. The van der Waals surface area contributed by atoms with Crippen molar-refractivity contribution >= 4 is 62.0 Å². The van der Waals surface area contributed by atoms with E-state index >= 15 is 0 Å². The second-order valence-electron chi connectivity index (χ2n) is 5.89. The largest absolute Gasteiger partial charge is 0.297 e. The van der Waals surface area contributed by atoms with Gasteiger partial charge in [0.25, 0.3) is 5.91 Å². The summed E-state index contributed by atoms with van der Waals surface area (Å²) < 4.78 is 0.952. The summed E-state index contributed by atoms with van der Waals surface area (Å²) in [4.78, 5) is 21.3. The van der Waals surface area contributed by atoms with Crippen LogP contribution in [0.25, 0.3) is 0 Å². The monoisotopic (exact) mass is 469 g/mol. The van der Waals surface area contributed by atoms with Crippen LogP contribution in [0.3, 0.4) is 0 Å². The Bertz CT molecular complexity index is 897. The Morgan fingerprint density at radius 2 is 2.00 bits per heavy atom. The second-order valence-corrected chi connectivity index (χ2v) is 9.44. The Morgan fingerprint density at radius 1 is 1.19 bits per heavy atom. The molecule has 0 unspecified atom stereocenters. The van der Waals surface area contributed by atoms with E-state index in [0.29, 0.717) is 10.0 Å². The molecule has 0 saturated heterocycles. The average molecular weight is 471 g/mol. The molecule has 0 saturated carbocycles. The van der Waals surface area contributed by atoms with Gasteiger partial charge < -0.3 is 0 Å². The van der Waals surface area contributed by atoms with Crippen LogP contribution in [0.2, 0.25) is 0 Å². The van der Waals surface area contributed by atoms with Gasteiger partial charge in [-0.3, -0.25) is 15.0 Å². The molecule has 4 rings (SSSR count). The Balaban J connectivity index is 0.00000196. The first kappa shape index (κ1) is 19.5. The van der Waals surface area contributed by atoms with Crippen molar-refractivity contribution in [3.8, 4) is 0 Å². The van der Waals surface area contributed by atoms with Crippen molar-refractivity contribution in [1.82, 2.24) is 9.88 Å². The van der Waals surface area contributed by atoms with Gasteiger partial charge in [-0.05, 0) is 33.6 Å². The molecular weight excluding hydrogens is 454 g/mol. The molecule has 3 aromatic rings. The van der Waals surface area contributed by atoms with Crippen LogP contribution < -0.4 is 5.32 Å². The lowest BCUT2D eigenvalue weighted by atomic mass is 10.1. The fraction of sp³-hybridized carbons (Fsp3) is 0.222. The van der Waals surface area contributed by atoms with Gasteiger partial charge in [0.1, 0.15) is 0 Å². The van der Waals surface area contributed by atoms with Crippen LogP contribution in [0.15, 0.2) is 46.3 Å². The van der Waals surface area contributed by atoms with Crippen LogP contribution in [0.5, 0.6) is 0 Å². The van der Waals surface area contributed by atoms with Crippen molar-refractivity contribution in [2.45, 2.75) is 19.5 Å². The van der Waals surface area contributed by atoms with Crippen LogP contribution in [0.4, 0.5) is 5.13 Å². The molecule has 2 aromatic heterocycles. The quantitative estimate of drug-likeness (QED) is 0.570. The number of fused-ring (bicyclic) bond motifs is 1. The molecule has 4 nitrogen and oxygen atoms in total. The number of carbonyl (C=O) groups excluding carboxylic acids is 1. The minimum atomic E-state index is -0.0945. The third-order valence-corrected chi connectivity index (χ3v) is 6.70. The molecule has 1 aromatic carbocycles. The molecule has 1 aliphatic heterocycles. The molecule has 0 aliphatic carbocycles. The molecule has 136 valence electrons. The molecule has 3 heterocycles. The molecule has 0 bridgehead atoms. The highest BCUT2D eigenvalue weighted by Crippen LogP contribution is 2.30. The third-order valence-electron chi connectivity index (χ3n) is 4.08. The SMILES string of the molecule is Cl.O=C(Nc1nc2c(s1)CN(Cc1ccccc1)CC2)c1ccc(Br)s1. The van der Waals surface area contributed by atoms with Gasteiger partial charge in [-0.1, -0.05) is 30.3 Å². The number of halogens is 2. The third kappa shape index (κ3) is 4.53. The average Bonchev–Trinajstić information content (AvgIpc) is 3.21. The standard InChI is InChI=1S/C18H16BrN3OS2.ClH/c19-16-7-6-14(24-16)17(23)21-18-20-13-8-9-22(11-15(13)25-18)10-12-4-2-1-3-5-12;/h1-7H,8-11H2,(H,20,21,23);1H. The maximum atomic E-state index is 12.3. The zero-order valence-electron chi connectivity index (χ0n) is 13.8. The minimum Gasteiger partial charge on any atom is -0.297 e. The summed E-state index contributed by atoms with van der Waals surface area (Å²) in [5.41, 5.74) is 2.45. The van der Waals surface area contributed by atoms with Crippen molar-refractivity contribution in [1.29, 1.82) is 0 Å². The van der Waals surface area contributed by atoms with Gasteiger partial charge in [0.15, 0.2) is 5.13 Å². The number of rotatable bonds is 4. The molecule has 8 heteroatoms. The van der Waals surface area contributed by atoms with Crippen LogP contribution in [-0.2, 0) is 19.5 Å². The first-order chi connectivity index (χ1) is 12.2. The topological polar surface area (TPSA) is 45.2 Å². The zero-order chi connectivity index (χ0) is 17.2. The fourth-order valence-electron chi connectivity index (χ4n) is 2.87. The number of hydrogen-bond acceptors (Lipinski definition) is 5. The molecule has 1 N–H and O–H groups in total. The number of anilines is 1. The summed E-state index contributed by atoms with van der Waals surface area (Å²) in [5, 5.41) is 3.63. The molecule has 0 atom stereocenters. The number of aromatic nitrogens is 1. The van der Waals surface area contributed by atoms with Gasteiger partial charge in [0, 0.05) is 30.9 Å². The summed E-state index contributed by atoms with van der Waals surface area (Å²) in [7, 11) is 0. The number of benzene rings is 1. The smallest absolute Gasteiger partial charge is 0.267 e. The Kier molecular flexibility index (Phi) is 6.47. The van der Waals surface area contributed by atoms with E-state index in [2.05, 4.69) is 55.4 Å². The normalized spacial score (nSPS) is 13.7. The number of nitrogens with one attached hydrogen (secondary N) is 1. The van der Waals surface area contributed by atoms with Crippen LogP contribution in [0.1, 0.15) is 25.8 Å². The van der Waals surface area contributed by atoms with Crippen LogP contribution in [-0.4, -0.2) is 22.3 Å². The number of hydrogen-bond donors (Lipinski definition) is 1. The number of thiophene rings is 1. The molecule has 0 radical (unpaired) electrons. The lowest BCUT2D eigenvalue weighted by Gasteiger charge is -2.25. The highest BCUT2D eigenvalue weighted by atomic mass is 79.9. The van der Waals surface area contributed by atoms with E-state index in [0.717, 1.165) is 35.5 Å². The molecule has 26 heavy (non-hydrogen) atoms. The maximum Gasteiger partial charge on any atom is 0.267 e. The highest BCUT2D eigenvalue weighted by molar-refractivity contribution is 9.11. The summed E-state index contributed by atoms with van der Waals surface area (Å²) >= 11 is 6.40. The molecule has 1 aliphatic rings. The fourth-order valence-corrected chi connectivity index (χ4v) is 5.20. The van der Waals surface area contributed by atoms with E-state index in [1.54, 1.807) is 11.3 Å². The van der Waals surface area contributed by atoms with E-state index in [1.165, 1.54) is 21.8 Å². The number of carbonyl (C=O) groups is 1. The zero-order valence-corrected chi connectivity index (χ0v) is 17.8. The maximum absolute atomic E-state index is 12.3. The Labute approximate surface area is 174 Å². The lowest BCUT2D eigenvalue weighted by Crippen LogP contribution is -2.29. The molecule has 0 spiro atoms. The Morgan fingerprint density at radius 3 is 2.73 bits per heavy atom. The molecule has 1 amide bonds. The van der Waals surface area contributed by atoms with Gasteiger partial charge in [-0.25, -0.2) is 4.98 Å². The number of thiazole rings is 1. The van der Waals surface area contributed by atoms with Crippen molar-refractivity contribution in [2.75, 3.05) is 11.9 Å². The first-order valence-corrected chi connectivity index (χ1v) is 10.4. The van der Waals surface area contributed by atoms with Gasteiger partial charge in [0.05, 0.1) is 14.4 Å². The van der Waals surface area contributed by atoms with E-state index in [1.807, 2.05) is 18.2 Å². The van der Waals surface area contributed by atoms with Crippen LogP contribution >= 0.6 is 51.0 Å². The summed E-state index contributed by atoms with van der Waals surface area (Å²) in [5.74, 6) is -0.0945. The van der Waals surface area contributed by atoms with E-state index < -0.39 is 0 Å². The minimum absolute atomic E-state index is 0. The van der Waals surface area contributed by atoms with Gasteiger partial charge >= 0.3 is 0 Å². The van der Waals surface area contributed by atoms with E-state index in [9.17, 15) is 4.79 Å².